The third-order valence-corrected chi connectivity index (χ3v) is 9.30. The summed E-state index contributed by atoms with van der Waals surface area (Å²) >= 11 is 0. The van der Waals surface area contributed by atoms with E-state index in [-0.39, 0.29) is 5.91 Å². The van der Waals surface area contributed by atoms with Crippen LogP contribution in [-0.4, -0.2) is 47.3 Å². The SMILES string of the molecule is CCCCC1CCCC1NC(=O)CCc1nc2cc(S(=O)(=O)N3CCCCC3)ccc2n1C. The molecule has 1 N–H and O–H groups in total. The van der Waals surface area contributed by atoms with Crippen molar-refractivity contribution in [1.82, 2.24) is 19.2 Å². The fourth-order valence-electron chi connectivity index (χ4n) is 5.41. The summed E-state index contributed by atoms with van der Waals surface area (Å²) in [6.07, 6.45) is 11.0. The predicted molar refractivity (Wildman–Crippen MR) is 130 cm³/mol. The number of fused-ring (bicyclic) bond motifs is 1. The average molecular weight is 475 g/mol. The number of aryl methyl sites for hydroxylation is 2. The van der Waals surface area contributed by atoms with Crippen molar-refractivity contribution in [2.75, 3.05) is 13.1 Å². The lowest BCUT2D eigenvalue weighted by Gasteiger charge is -2.25. The Morgan fingerprint density at radius 3 is 2.70 bits per heavy atom. The lowest BCUT2D eigenvalue weighted by atomic mass is 9.96. The van der Waals surface area contributed by atoms with Gasteiger partial charge in [-0.05, 0) is 56.2 Å². The fourth-order valence-corrected chi connectivity index (χ4v) is 6.95. The van der Waals surface area contributed by atoms with Gasteiger partial charge in [0.05, 0.1) is 15.9 Å². The standard InChI is InChI=1S/C25H38N4O3S/c1-3-4-9-19-10-8-11-21(19)27-25(30)15-14-24-26-22-18-20(12-13-23(22)28(24)2)33(31,32)29-16-6-5-7-17-29/h12-13,18-19,21H,3-11,14-17H2,1-2H3,(H,27,30). The molecule has 2 aliphatic rings. The molecule has 4 rings (SSSR count). The number of nitrogens with one attached hydrogen (secondary N) is 1. The Kier molecular flexibility index (Phi) is 7.74. The van der Waals surface area contributed by atoms with E-state index in [2.05, 4.69) is 12.2 Å². The van der Waals surface area contributed by atoms with Crippen molar-refractivity contribution >= 4 is 27.0 Å². The molecular formula is C25H38N4O3S. The Bertz CT molecular complexity index is 1070. The molecule has 1 aliphatic heterocycles. The molecule has 1 saturated heterocycles. The van der Waals surface area contributed by atoms with E-state index in [1.54, 1.807) is 16.4 Å². The van der Waals surface area contributed by atoms with Gasteiger partial charge in [0.2, 0.25) is 15.9 Å². The van der Waals surface area contributed by atoms with Gasteiger partial charge in [0.15, 0.2) is 0 Å². The zero-order valence-electron chi connectivity index (χ0n) is 20.1. The van der Waals surface area contributed by atoms with Crippen LogP contribution in [0.25, 0.3) is 11.0 Å². The van der Waals surface area contributed by atoms with Crippen molar-refractivity contribution in [2.24, 2.45) is 13.0 Å². The van der Waals surface area contributed by atoms with E-state index in [0.29, 0.717) is 48.3 Å². The number of piperidine rings is 1. The number of hydrogen-bond acceptors (Lipinski definition) is 4. The first-order valence-electron chi connectivity index (χ1n) is 12.6. The Morgan fingerprint density at radius 1 is 1.15 bits per heavy atom. The number of nitrogens with zero attached hydrogens (tertiary/aromatic N) is 3. The van der Waals surface area contributed by atoms with E-state index in [9.17, 15) is 13.2 Å². The largest absolute Gasteiger partial charge is 0.353 e. The highest BCUT2D eigenvalue weighted by molar-refractivity contribution is 7.89. The van der Waals surface area contributed by atoms with Crippen LogP contribution in [0.5, 0.6) is 0 Å². The topological polar surface area (TPSA) is 84.3 Å². The molecule has 0 radical (unpaired) electrons. The molecule has 1 aromatic carbocycles. The number of carbonyl (C=O) groups is 1. The van der Waals surface area contributed by atoms with Gasteiger partial charge in [0.1, 0.15) is 5.82 Å². The van der Waals surface area contributed by atoms with Crippen molar-refractivity contribution in [3.05, 3.63) is 24.0 Å². The molecule has 2 atom stereocenters. The highest BCUT2D eigenvalue weighted by Gasteiger charge is 2.28. The summed E-state index contributed by atoms with van der Waals surface area (Å²) in [5, 5.41) is 3.27. The van der Waals surface area contributed by atoms with Gasteiger partial charge in [-0.1, -0.05) is 32.6 Å². The van der Waals surface area contributed by atoms with Crippen LogP contribution in [0.15, 0.2) is 23.1 Å². The van der Waals surface area contributed by atoms with Gasteiger partial charge in [-0.3, -0.25) is 4.79 Å². The summed E-state index contributed by atoms with van der Waals surface area (Å²) in [5.74, 6) is 1.51. The van der Waals surface area contributed by atoms with Gasteiger partial charge < -0.3 is 9.88 Å². The number of unbranched alkanes of at least 4 members (excludes halogenated alkanes) is 1. The van der Waals surface area contributed by atoms with Crippen LogP contribution in [-0.2, 0) is 28.3 Å². The van der Waals surface area contributed by atoms with Gasteiger partial charge in [-0.15, -0.1) is 0 Å². The molecule has 7 nitrogen and oxygen atoms in total. The number of benzene rings is 1. The van der Waals surface area contributed by atoms with E-state index < -0.39 is 10.0 Å². The smallest absolute Gasteiger partial charge is 0.243 e. The van der Waals surface area contributed by atoms with Crippen molar-refractivity contribution in [1.29, 1.82) is 0 Å². The minimum atomic E-state index is -3.49. The quantitative estimate of drug-likeness (QED) is 0.592. The Hall–Kier alpha value is -1.93. The Balaban J connectivity index is 1.41. The monoisotopic (exact) mass is 474 g/mol. The molecule has 0 bridgehead atoms. The second-order valence-electron chi connectivity index (χ2n) is 9.71. The lowest BCUT2D eigenvalue weighted by molar-refractivity contribution is -0.122. The Morgan fingerprint density at radius 2 is 1.94 bits per heavy atom. The van der Waals surface area contributed by atoms with Gasteiger partial charge >= 0.3 is 0 Å². The number of sulfonamides is 1. The summed E-state index contributed by atoms with van der Waals surface area (Å²) in [4.78, 5) is 17.6. The van der Waals surface area contributed by atoms with Crippen LogP contribution in [0.3, 0.4) is 0 Å². The normalized spacial score (nSPS) is 22.1. The maximum atomic E-state index is 13.0. The molecule has 2 fully saturated rings. The average Bonchev–Trinajstić information content (AvgIpc) is 3.40. The second-order valence-corrected chi connectivity index (χ2v) is 11.6. The van der Waals surface area contributed by atoms with Gasteiger partial charge in [-0.2, -0.15) is 4.31 Å². The number of aromatic nitrogens is 2. The molecule has 1 aromatic heterocycles. The number of carbonyl (C=O) groups excluding carboxylic acids is 1. The highest BCUT2D eigenvalue weighted by Crippen LogP contribution is 2.30. The van der Waals surface area contributed by atoms with E-state index >= 15 is 0 Å². The summed E-state index contributed by atoms with van der Waals surface area (Å²) in [7, 11) is -1.56. The van der Waals surface area contributed by atoms with Crippen LogP contribution >= 0.6 is 0 Å². The molecule has 1 saturated carbocycles. The fraction of sp³-hybridized carbons (Fsp3) is 0.680. The van der Waals surface area contributed by atoms with E-state index in [1.807, 2.05) is 17.7 Å². The summed E-state index contributed by atoms with van der Waals surface area (Å²) in [5.41, 5.74) is 1.56. The Labute approximate surface area is 198 Å². The number of imidazole rings is 1. The minimum Gasteiger partial charge on any atom is -0.353 e. The number of amides is 1. The molecule has 0 spiro atoms. The third kappa shape index (κ3) is 5.43. The molecule has 2 heterocycles. The molecule has 1 amide bonds. The second kappa shape index (κ2) is 10.6. The highest BCUT2D eigenvalue weighted by atomic mass is 32.2. The van der Waals surface area contributed by atoms with Crippen LogP contribution < -0.4 is 5.32 Å². The molecule has 2 aromatic rings. The van der Waals surface area contributed by atoms with Crippen LogP contribution in [0.1, 0.15) is 77.0 Å². The zero-order valence-corrected chi connectivity index (χ0v) is 20.9. The first kappa shape index (κ1) is 24.2. The van der Waals surface area contributed by atoms with Crippen LogP contribution in [0.4, 0.5) is 0 Å². The molecule has 8 heteroatoms. The summed E-state index contributed by atoms with van der Waals surface area (Å²) < 4.78 is 29.6. The lowest BCUT2D eigenvalue weighted by Crippen LogP contribution is -2.37. The predicted octanol–water partition coefficient (Wildman–Crippen LogP) is 4.16. The van der Waals surface area contributed by atoms with Gasteiger partial charge in [0.25, 0.3) is 0 Å². The molecular weight excluding hydrogens is 436 g/mol. The first-order chi connectivity index (χ1) is 15.9. The molecule has 182 valence electrons. The minimum absolute atomic E-state index is 0.0869. The maximum absolute atomic E-state index is 13.0. The summed E-state index contributed by atoms with van der Waals surface area (Å²) in [6, 6.07) is 5.51. The van der Waals surface area contributed by atoms with Crippen LogP contribution in [0, 0.1) is 5.92 Å². The number of hydrogen-bond donors (Lipinski definition) is 1. The van der Waals surface area contributed by atoms with Gasteiger partial charge in [0, 0.05) is 39.0 Å². The van der Waals surface area contributed by atoms with Crippen molar-refractivity contribution in [2.45, 2.75) is 88.5 Å². The zero-order chi connectivity index (χ0) is 23.4. The van der Waals surface area contributed by atoms with Crippen molar-refractivity contribution in [3.63, 3.8) is 0 Å². The van der Waals surface area contributed by atoms with Gasteiger partial charge in [-0.25, -0.2) is 13.4 Å². The molecule has 2 unspecified atom stereocenters. The third-order valence-electron chi connectivity index (χ3n) is 7.41. The number of rotatable bonds is 9. The van der Waals surface area contributed by atoms with E-state index in [0.717, 1.165) is 37.0 Å². The molecule has 33 heavy (non-hydrogen) atoms. The van der Waals surface area contributed by atoms with Crippen molar-refractivity contribution in [3.8, 4) is 0 Å². The van der Waals surface area contributed by atoms with Crippen molar-refractivity contribution < 1.29 is 13.2 Å². The maximum Gasteiger partial charge on any atom is 0.243 e. The van der Waals surface area contributed by atoms with Crippen LogP contribution in [0.2, 0.25) is 0 Å². The van der Waals surface area contributed by atoms with E-state index in [1.165, 1.54) is 32.1 Å². The van der Waals surface area contributed by atoms with E-state index in [4.69, 9.17) is 4.98 Å². The summed E-state index contributed by atoms with van der Waals surface area (Å²) in [6.45, 7) is 3.39. The molecule has 1 aliphatic carbocycles. The first-order valence-corrected chi connectivity index (χ1v) is 14.1.